The highest BCUT2D eigenvalue weighted by molar-refractivity contribution is 5.86. The lowest BCUT2D eigenvalue weighted by atomic mass is 9.91. The van der Waals surface area contributed by atoms with Crippen molar-refractivity contribution in [3.8, 4) is 0 Å². The third-order valence-electron chi connectivity index (χ3n) is 5.72. The van der Waals surface area contributed by atoms with E-state index in [1.165, 1.54) is 24.0 Å². The van der Waals surface area contributed by atoms with Gasteiger partial charge in [-0.3, -0.25) is 9.69 Å². The molecule has 0 aliphatic carbocycles. The van der Waals surface area contributed by atoms with Crippen LogP contribution in [0.2, 0.25) is 0 Å². The van der Waals surface area contributed by atoms with Crippen LogP contribution in [0.15, 0.2) is 24.3 Å². The summed E-state index contributed by atoms with van der Waals surface area (Å²) in [6, 6.07) is 8.94. The van der Waals surface area contributed by atoms with Gasteiger partial charge < -0.3 is 15.4 Å². The van der Waals surface area contributed by atoms with Gasteiger partial charge in [0.2, 0.25) is 0 Å². The second-order valence-corrected chi connectivity index (χ2v) is 7.33. The van der Waals surface area contributed by atoms with Crippen molar-refractivity contribution in [1.29, 1.82) is 0 Å². The monoisotopic (exact) mass is 417 g/mol. The number of nitrogens with one attached hydrogen (secondary N) is 2. The molecule has 0 spiro atoms. The lowest BCUT2D eigenvalue weighted by molar-refractivity contribution is -0.147. The van der Waals surface area contributed by atoms with Crippen LogP contribution in [0.3, 0.4) is 0 Å². The molecule has 7 heteroatoms. The Morgan fingerprint density at radius 2 is 1.78 bits per heavy atom. The average Bonchev–Trinajstić information content (AvgIpc) is 3.18. The molecule has 2 fully saturated rings. The SMILES string of the molecule is COC1(C(=O)NCC(c2ccc(C)cc2)N2CCCC2)CCNCC1.Cl.Cl. The predicted molar refractivity (Wildman–Crippen MR) is 114 cm³/mol. The maximum Gasteiger partial charge on any atom is 0.252 e. The Labute approximate surface area is 175 Å². The second kappa shape index (κ2) is 11.2. The number of piperidine rings is 1. The number of likely N-dealkylation sites (tertiary alicyclic amines) is 1. The standard InChI is InChI=1S/C20H31N3O2.2ClH/c1-16-5-7-17(8-6-16)18(23-13-3-4-14-23)15-22-19(24)20(25-2)9-11-21-12-10-20;;/h5-8,18,21H,3-4,9-15H2,1-2H3,(H,22,24);2*1H. The number of nitrogens with zero attached hydrogens (tertiary/aromatic N) is 1. The van der Waals surface area contributed by atoms with Crippen LogP contribution in [-0.2, 0) is 9.53 Å². The van der Waals surface area contributed by atoms with Crippen LogP contribution < -0.4 is 10.6 Å². The Kier molecular flexibility index (Phi) is 10.1. The Bertz CT molecular complexity index is 571. The van der Waals surface area contributed by atoms with Gasteiger partial charge in [-0.15, -0.1) is 24.8 Å². The maximum atomic E-state index is 12.9. The van der Waals surface area contributed by atoms with Crippen LogP contribution in [0, 0.1) is 6.92 Å². The third kappa shape index (κ3) is 5.81. The summed E-state index contributed by atoms with van der Waals surface area (Å²) < 4.78 is 5.65. The average molecular weight is 418 g/mol. The van der Waals surface area contributed by atoms with Crippen LogP contribution in [0.5, 0.6) is 0 Å². The fourth-order valence-corrected chi connectivity index (χ4v) is 4.00. The summed E-state index contributed by atoms with van der Waals surface area (Å²) >= 11 is 0. The number of hydrogen-bond donors (Lipinski definition) is 2. The third-order valence-corrected chi connectivity index (χ3v) is 5.72. The summed E-state index contributed by atoms with van der Waals surface area (Å²) in [5.41, 5.74) is 1.87. The van der Waals surface area contributed by atoms with Crippen molar-refractivity contribution in [2.75, 3.05) is 39.8 Å². The van der Waals surface area contributed by atoms with E-state index in [9.17, 15) is 4.79 Å². The van der Waals surface area contributed by atoms with Crippen molar-refractivity contribution in [3.05, 3.63) is 35.4 Å². The van der Waals surface area contributed by atoms with E-state index >= 15 is 0 Å². The highest BCUT2D eigenvalue weighted by atomic mass is 35.5. The van der Waals surface area contributed by atoms with Gasteiger partial charge in [-0.25, -0.2) is 0 Å². The first kappa shape index (κ1) is 24.2. The van der Waals surface area contributed by atoms with Gasteiger partial charge in [-0.1, -0.05) is 29.8 Å². The Hall–Kier alpha value is -0.850. The summed E-state index contributed by atoms with van der Waals surface area (Å²) in [5.74, 6) is 0.0350. The molecule has 2 aliphatic heterocycles. The van der Waals surface area contributed by atoms with Gasteiger partial charge >= 0.3 is 0 Å². The quantitative estimate of drug-likeness (QED) is 0.746. The summed E-state index contributed by atoms with van der Waals surface area (Å²) in [6.45, 7) is 6.61. The maximum absolute atomic E-state index is 12.9. The molecular weight excluding hydrogens is 385 g/mol. The van der Waals surface area contributed by atoms with Gasteiger partial charge in [0, 0.05) is 13.7 Å². The summed E-state index contributed by atoms with van der Waals surface area (Å²) in [6.07, 6.45) is 3.94. The van der Waals surface area contributed by atoms with Gasteiger partial charge in [0.25, 0.3) is 5.91 Å². The zero-order valence-corrected chi connectivity index (χ0v) is 18.0. The number of amides is 1. The molecule has 0 bridgehead atoms. The van der Waals surface area contributed by atoms with Crippen LogP contribution in [-0.4, -0.2) is 56.2 Å². The van der Waals surface area contributed by atoms with E-state index in [4.69, 9.17) is 4.74 Å². The molecule has 1 amide bonds. The first-order valence-electron chi connectivity index (χ1n) is 9.49. The number of benzene rings is 1. The van der Waals surface area contributed by atoms with Crippen molar-refractivity contribution in [1.82, 2.24) is 15.5 Å². The van der Waals surface area contributed by atoms with Crippen molar-refractivity contribution < 1.29 is 9.53 Å². The largest absolute Gasteiger partial charge is 0.368 e. The van der Waals surface area contributed by atoms with Gasteiger partial charge in [0.05, 0.1) is 6.04 Å². The minimum absolute atomic E-state index is 0. The highest BCUT2D eigenvalue weighted by Gasteiger charge is 2.40. The first-order chi connectivity index (χ1) is 12.1. The number of ether oxygens (including phenoxy) is 1. The molecule has 2 saturated heterocycles. The van der Waals surface area contributed by atoms with E-state index in [-0.39, 0.29) is 36.8 Å². The summed E-state index contributed by atoms with van der Waals surface area (Å²) in [4.78, 5) is 15.4. The van der Waals surface area contributed by atoms with E-state index in [1.807, 2.05) is 0 Å². The number of rotatable bonds is 6. The number of aryl methyl sites for hydroxylation is 1. The van der Waals surface area contributed by atoms with Crippen LogP contribution >= 0.6 is 24.8 Å². The molecule has 0 radical (unpaired) electrons. The van der Waals surface area contributed by atoms with Crippen molar-refractivity contribution >= 4 is 30.7 Å². The Balaban J connectivity index is 0.00000182. The van der Waals surface area contributed by atoms with E-state index in [2.05, 4.69) is 46.7 Å². The summed E-state index contributed by atoms with van der Waals surface area (Å²) in [5, 5.41) is 6.50. The van der Waals surface area contributed by atoms with Crippen molar-refractivity contribution in [2.45, 2.75) is 44.2 Å². The Morgan fingerprint density at radius 3 is 2.33 bits per heavy atom. The Morgan fingerprint density at radius 1 is 1.19 bits per heavy atom. The zero-order valence-electron chi connectivity index (χ0n) is 16.3. The first-order valence-corrected chi connectivity index (χ1v) is 9.49. The predicted octanol–water partition coefficient (Wildman–Crippen LogP) is 2.86. The molecule has 154 valence electrons. The molecule has 27 heavy (non-hydrogen) atoms. The molecule has 1 unspecified atom stereocenters. The topological polar surface area (TPSA) is 53.6 Å². The fraction of sp³-hybridized carbons (Fsp3) is 0.650. The van der Waals surface area contributed by atoms with Crippen LogP contribution in [0.4, 0.5) is 0 Å². The smallest absolute Gasteiger partial charge is 0.252 e. The fourth-order valence-electron chi connectivity index (χ4n) is 4.00. The molecule has 2 aliphatic rings. The zero-order chi connectivity index (χ0) is 17.7. The molecule has 3 rings (SSSR count). The highest BCUT2D eigenvalue weighted by Crippen LogP contribution is 2.26. The molecule has 5 nitrogen and oxygen atoms in total. The van der Waals surface area contributed by atoms with E-state index in [1.54, 1.807) is 7.11 Å². The number of halogens is 2. The van der Waals surface area contributed by atoms with Gasteiger partial charge in [-0.2, -0.15) is 0 Å². The van der Waals surface area contributed by atoms with Gasteiger partial charge in [0.1, 0.15) is 5.60 Å². The number of carbonyl (C=O) groups is 1. The number of hydrogen-bond acceptors (Lipinski definition) is 4. The second-order valence-electron chi connectivity index (χ2n) is 7.33. The molecular formula is C20H33Cl2N3O2. The normalized spacial score (nSPS) is 20.2. The molecule has 1 aromatic rings. The molecule has 2 heterocycles. The van der Waals surface area contributed by atoms with E-state index in [0.29, 0.717) is 6.54 Å². The summed E-state index contributed by atoms with van der Waals surface area (Å²) in [7, 11) is 1.66. The van der Waals surface area contributed by atoms with E-state index < -0.39 is 5.60 Å². The number of carbonyl (C=O) groups excluding carboxylic acids is 1. The number of methoxy groups -OCH3 is 1. The van der Waals surface area contributed by atoms with Crippen molar-refractivity contribution in [3.63, 3.8) is 0 Å². The van der Waals surface area contributed by atoms with Crippen molar-refractivity contribution in [2.24, 2.45) is 0 Å². The van der Waals surface area contributed by atoms with Gasteiger partial charge in [-0.05, 0) is 64.3 Å². The lowest BCUT2D eigenvalue weighted by Crippen LogP contribution is -2.55. The minimum Gasteiger partial charge on any atom is -0.368 e. The minimum atomic E-state index is -0.673. The van der Waals surface area contributed by atoms with Gasteiger partial charge in [0.15, 0.2) is 0 Å². The van der Waals surface area contributed by atoms with Crippen LogP contribution in [0.25, 0.3) is 0 Å². The molecule has 0 aromatic heterocycles. The lowest BCUT2D eigenvalue weighted by Gasteiger charge is -2.36. The van der Waals surface area contributed by atoms with Crippen LogP contribution in [0.1, 0.15) is 42.9 Å². The molecule has 2 N–H and O–H groups in total. The molecule has 0 saturated carbocycles. The molecule has 1 aromatic carbocycles. The molecule has 1 atom stereocenters. The van der Waals surface area contributed by atoms with E-state index in [0.717, 1.165) is 39.0 Å².